The summed E-state index contributed by atoms with van der Waals surface area (Å²) in [7, 11) is 1.50. The first-order valence-electron chi connectivity index (χ1n) is 8.75. The monoisotopic (exact) mass is 439 g/mol. The maximum absolute atomic E-state index is 13.0. The third kappa shape index (κ3) is 4.48. The molecular formula is C22H17NO5S2. The van der Waals surface area contributed by atoms with Crippen LogP contribution in [0.25, 0.3) is 6.08 Å². The number of thiocarbonyl (C=S) groups is 1. The second-order valence-corrected chi connectivity index (χ2v) is 7.78. The van der Waals surface area contributed by atoms with Gasteiger partial charge in [-0.15, -0.1) is 6.42 Å². The number of carboxylic acids is 1. The predicted molar refractivity (Wildman–Crippen MR) is 119 cm³/mol. The molecule has 1 N–H and O–H groups in total. The van der Waals surface area contributed by atoms with Gasteiger partial charge < -0.3 is 14.6 Å². The van der Waals surface area contributed by atoms with E-state index in [4.69, 9.17) is 28.1 Å². The molecule has 0 saturated carbocycles. The zero-order valence-electron chi connectivity index (χ0n) is 15.9. The van der Waals surface area contributed by atoms with Gasteiger partial charge in [0.05, 0.1) is 12.0 Å². The first kappa shape index (κ1) is 21.4. The fraction of sp³-hybridized carbons (Fsp3) is 0.136. The van der Waals surface area contributed by atoms with E-state index < -0.39 is 17.9 Å². The van der Waals surface area contributed by atoms with E-state index in [-0.39, 0.29) is 10.9 Å². The lowest BCUT2D eigenvalue weighted by Crippen LogP contribution is -2.37. The molecule has 0 bridgehead atoms. The Morgan fingerprint density at radius 2 is 2.03 bits per heavy atom. The van der Waals surface area contributed by atoms with Gasteiger partial charge in [-0.2, -0.15) is 0 Å². The predicted octanol–water partition coefficient (Wildman–Crippen LogP) is 3.73. The van der Waals surface area contributed by atoms with Crippen molar-refractivity contribution >= 4 is 46.3 Å². The molecule has 1 heterocycles. The van der Waals surface area contributed by atoms with Crippen LogP contribution in [-0.2, 0) is 9.59 Å². The topological polar surface area (TPSA) is 76.1 Å². The number of nitrogens with zero attached hydrogens (tertiary/aromatic N) is 1. The Bertz CT molecular complexity index is 1060. The van der Waals surface area contributed by atoms with Crippen LogP contribution in [0, 0.1) is 12.3 Å². The molecule has 2 aromatic carbocycles. The van der Waals surface area contributed by atoms with E-state index in [0.29, 0.717) is 27.5 Å². The van der Waals surface area contributed by atoms with Crippen LogP contribution in [0.3, 0.4) is 0 Å². The molecule has 2 aromatic rings. The molecule has 1 atom stereocenters. The molecule has 0 aliphatic carbocycles. The fourth-order valence-electron chi connectivity index (χ4n) is 2.90. The average molecular weight is 440 g/mol. The van der Waals surface area contributed by atoms with Gasteiger partial charge in [-0.25, -0.2) is 4.79 Å². The van der Waals surface area contributed by atoms with Crippen molar-refractivity contribution in [1.29, 1.82) is 0 Å². The van der Waals surface area contributed by atoms with Crippen molar-refractivity contribution < 1.29 is 24.2 Å². The Kier molecular flexibility index (Phi) is 6.77. The van der Waals surface area contributed by atoms with E-state index in [1.54, 1.807) is 54.6 Å². The summed E-state index contributed by atoms with van der Waals surface area (Å²) in [6.07, 6.45) is 6.85. The van der Waals surface area contributed by atoms with Gasteiger partial charge in [-0.3, -0.25) is 9.69 Å². The zero-order chi connectivity index (χ0) is 21.7. The number of thioether (sulfide) groups is 1. The van der Waals surface area contributed by atoms with E-state index in [1.165, 1.54) is 7.11 Å². The highest BCUT2D eigenvalue weighted by Gasteiger charge is 2.41. The van der Waals surface area contributed by atoms with Crippen LogP contribution in [0.1, 0.15) is 17.2 Å². The lowest BCUT2D eigenvalue weighted by Gasteiger charge is -2.23. The number of hydrogen-bond acceptors (Lipinski definition) is 6. The van der Waals surface area contributed by atoms with Crippen LogP contribution in [0.5, 0.6) is 11.5 Å². The normalized spacial score (nSPS) is 15.7. The summed E-state index contributed by atoms with van der Waals surface area (Å²) in [5, 5.41) is 9.74. The molecule has 1 aliphatic rings. The second kappa shape index (κ2) is 9.48. The minimum Gasteiger partial charge on any atom is -0.493 e. The highest BCUT2D eigenvalue weighted by Crippen LogP contribution is 2.39. The Morgan fingerprint density at radius 1 is 1.30 bits per heavy atom. The van der Waals surface area contributed by atoms with Crippen molar-refractivity contribution in [2.75, 3.05) is 13.7 Å². The van der Waals surface area contributed by atoms with Crippen molar-refractivity contribution in [2.45, 2.75) is 6.04 Å². The Morgan fingerprint density at radius 3 is 2.67 bits per heavy atom. The van der Waals surface area contributed by atoms with Gasteiger partial charge in [0.1, 0.15) is 10.9 Å². The average Bonchev–Trinajstić information content (AvgIpc) is 3.01. The zero-order valence-corrected chi connectivity index (χ0v) is 17.5. The highest BCUT2D eigenvalue weighted by molar-refractivity contribution is 8.26. The standard InChI is InChI=1S/C22H17NO5S2/c1-3-11-28-16-10-9-14(12-17(16)27-2)13-18-20(24)23(22(29)30-18)19(21(25)26)15-7-5-4-6-8-15/h1,4-10,12-13,19H,11H2,2H3,(H,25,26)/b18-13+. The number of methoxy groups -OCH3 is 1. The third-order valence-corrected chi connectivity index (χ3v) is 5.56. The molecule has 0 aromatic heterocycles. The maximum atomic E-state index is 13.0. The van der Waals surface area contributed by atoms with Crippen LogP contribution in [-0.4, -0.2) is 39.9 Å². The van der Waals surface area contributed by atoms with Crippen LogP contribution < -0.4 is 9.47 Å². The van der Waals surface area contributed by atoms with Gasteiger partial charge in [-0.1, -0.05) is 66.3 Å². The van der Waals surface area contributed by atoms with E-state index >= 15 is 0 Å². The van der Waals surface area contributed by atoms with Gasteiger partial charge in [-0.05, 0) is 29.3 Å². The Balaban J connectivity index is 1.91. The quantitative estimate of drug-likeness (QED) is 0.400. The fourth-order valence-corrected chi connectivity index (χ4v) is 4.22. The smallest absolute Gasteiger partial charge is 0.331 e. The van der Waals surface area contributed by atoms with Gasteiger partial charge in [0, 0.05) is 0 Å². The lowest BCUT2D eigenvalue weighted by atomic mass is 10.1. The summed E-state index contributed by atoms with van der Waals surface area (Å²) in [5.74, 6) is 1.70. The number of hydrogen-bond donors (Lipinski definition) is 1. The first-order chi connectivity index (χ1) is 14.5. The van der Waals surface area contributed by atoms with Gasteiger partial charge in [0.25, 0.3) is 5.91 Å². The molecule has 1 unspecified atom stereocenters. The van der Waals surface area contributed by atoms with Crippen LogP contribution >= 0.6 is 24.0 Å². The number of amides is 1. The minimum atomic E-state index is -1.20. The van der Waals surface area contributed by atoms with Crippen LogP contribution in [0.15, 0.2) is 53.4 Å². The number of aliphatic carboxylic acids is 1. The van der Waals surface area contributed by atoms with Crippen molar-refractivity contribution in [3.8, 4) is 23.8 Å². The molecule has 30 heavy (non-hydrogen) atoms. The van der Waals surface area contributed by atoms with Gasteiger partial charge in [0.15, 0.2) is 17.5 Å². The second-order valence-electron chi connectivity index (χ2n) is 6.11. The van der Waals surface area contributed by atoms with Gasteiger partial charge >= 0.3 is 5.97 Å². The molecule has 1 aliphatic heterocycles. The summed E-state index contributed by atoms with van der Waals surface area (Å²) in [5.41, 5.74) is 1.14. The molecule has 1 saturated heterocycles. The summed E-state index contributed by atoms with van der Waals surface area (Å²) in [6, 6.07) is 12.4. The molecule has 1 amide bonds. The number of benzene rings is 2. The van der Waals surface area contributed by atoms with Crippen LogP contribution in [0.4, 0.5) is 0 Å². The summed E-state index contributed by atoms with van der Waals surface area (Å²) < 4.78 is 10.9. The number of terminal acetylenes is 1. The molecule has 3 rings (SSSR count). The number of carbonyl (C=O) groups excluding carboxylic acids is 1. The number of carbonyl (C=O) groups is 2. The molecular weight excluding hydrogens is 422 g/mol. The van der Waals surface area contributed by atoms with E-state index in [0.717, 1.165) is 16.7 Å². The Hall–Kier alpha value is -3.28. The molecule has 8 heteroatoms. The van der Waals surface area contributed by atoms with Crippen molar-refractivity contribution in [3.05, 3.63) is 64.6 Å². The van der Waals surface area contributed by atoms with E-state index in [9.17, 15) is 14.7 Å². The summed E-state index contributed by atoms with van der Waals surface area (Å²) >= 11 is 6.38. The molecule has 152 valence electrons. The van der Waals surface area contributed by atoms with E-state index in [1.807, 2.05) is 0 Å². The van der Waals surface area contributed by atoms with E-state index in [2.05, 4.69) is 5.92 Å². The first-order valence-corrected chi connectivity index (χ1v) is 9.98. The Labute approximate surface area is 183 Å². The summed E-state index contributed by atoms with van der Waals surface area (Å²) in [6.45, 7) is 0.102. The molecule has 1 fully saturated rings. The largest absolute Gasteiger partial charge is 0.493 e. The lowest BCUT2D eigenvalue weighted by molar-refractivity contribution is -0.145. The summed E-state index contributed by atoms with van der Waals surface area (Å²) in [4.78, 5) is 26.4. The number of rotatable bonds is 7. The SMILES string of the molecule is C#CCOc1ccc(/C=C2/SC(=S)N(C(C(=O)O)c3ccccc3)C2=O)cc1OC. The van der Waals surface area contributed by atoms with Crippen molar-refractivity contribution in [3.63, 3.8) is 0 Å². The molecule has 6 nitrogen and oxygen atoms in total. The molecule has 0 spiro atoms. The van der Waals surface area contributed by atoms with Crippen LogP contribution in [0.2, 0.25) is 0 Å². The number of carboxylic acid groups (broad SMARTS) is 1. The van der Waals surface area contributed by atoms with Crippen molar-refractivity contribution in [2.24, 2.45) is 0 Å². The minimum absolute atomic E-state index is 0.102. The third-order valence-electron chi connectivity index (χ3n) is 4.23. The maximum Gasteiger partial charge on any atom is 0.331 e. The molecule has 0 radical (unpaired) electrons. The highest BCUT2D eigenvalue weighted by atomic mass is 32.2. The van der Waals surface area contributed by atoms with Gasteiger partial charge in [0.2, 0.25) is 0 Å². The number of ether oxygens (including phenoxy) is 2. The van der Waals surface area contributed by atoms with Crippen molar-refractivity contribution in [1.82, 2.24) is 4.90 Å².